The molecule has 3 aromatic rings. The Morgan fingerprint density at radius 2 is 1.86 bits per heavy atom. The number of esters is 1. The highest BCUT2D eigenvalue weighted by atomic mass is 32.2. The van der Waals surface area contributed by atoms with Gasteiger partial charge in [-0.15, -0.1) is 11.3 Å². The van der Waals surface area contributed by atoms with Crippen LogP contribution in [0.1, 0.15) is 11.1 Å². The molecule has 1 unspecified atom stereocenters. The molecule has 0 saturated heterocycles. The van der Waals surface area contributed by atoms with Gasteiger partial charge in [0.05, 0.1) is 0 Å². The molecule has 0 bridgehead atoms. The summed E-state index contributed by atoms with van der Waals surface area (Å²) in [5.74, 6) is -1.24. The number of sulfonamides is 1. The van der Waals surface area contributed by atoms with Crippen LogP contribution in [-0.4, -0.2) is 24.7 Å². The largest absolute Gasteiger partial charge is 0.425 e. The maximum atomic E-state index is 13.4. The third-order valence-electron chi connectivity index (χ3n) is 4.55. The van der Waals surface area contributed by atoms with E-state index in [9.17, 15) is 17.6 Å². The van der Waals surface area contributed by atoms with Gasteiger partial charge in [-0.05, 0) is 34.7 Å². The molecule has 0 amide bonds. The zero-order valence-corrected chi connectivity index (χ0v) is 16.3. The monoisotopic (exact) mass is 417 g/mol. The minimum atomic E-state index is -3.88. The highest BCUT2D eigenvalue weighted by molar-refractivity contribution is 7.91. The Labute approximate surface area is 166 Å². The average molecular weight is 417 g/mol. The predicted molar refractivity (Wildman–Crippen MR) is 103 cm³/mol. The lowest BCUT2D eigenvalue weighted by molar-refractivity contribution is -0.139. The van der Waals surface area contributed by atoms with Crippen LogP contribution in [0, 0.1) is 5.82 Å². The summed E-state index contributed by atoms with van der Waals surface area (Å²) in [6.45, 7) is 0.0688. The molecule has 0 fully saturated rings. The van der Waals surface area contributed by atoms with Gasteiger partial charge in [-0.3, -0.25) is 0 Å². The molecule has 1 aromatic heterocycles. The van der Waals surface area contributed by atoms with Crippen molar-refractivity contribution in [1.82, 2.24) is 4.31 Å². The Morgan fingerprint density at radius 3 is 2.57 bits per heavy atom. The van der Waals surface area contributed by atoms with Crippen LogP contribution in [0.4, 0.5) is 4.39 Å². The average Bonchev–Trinajstić information content (AvgIpc) is 3.22. The molecule has 8 heteroatoms. The van der Waals surface area contributed by atoms with Gasteiger partial charge in [-0.2, -0.15) is 4.31 Å². The van der Waals surface area contributed by atoms with Crippen LogP contribution in [0.3, 0.4) is 0 Å². The Hall–Kier alpha value is -2.55. The van der Waals surface area contributed by atoms with Crippen molar-refractivity contribution < 1.29 is 22.3 Å². The van der Waals surface area contributed by atoms with E-state index in [1.165, 1.54) is 28.6 Å². The first kappa shape index (κ1) is 18.8. The maximum absolute atomic E-state index is 13.4. The van der Waals surface area contributed by atoms with Crippen LogP contribution in [-0.2, 0) is 27.8 Å². The third kappa shape index (κ3) is 3.58. The molecule has 144 valence electrons. The van der Waals surface area contributed by atoms with Crippen molar-refractivity contribution in [1.29, 1.82) is 0 Å². The van der Waals surface area contributed by atoms with Gasteiger partial charge in [0, 0.05) is 19.0 Å². The van der Waals surface area contributed by atoms with Gasteiger partial charge in [0.15, 0.2) is 0 Å². The molecule has 4 rings (SSSR count). The lowest BCUT2D eigenvalue weighted by Crippen LogP contribution is -2.49. The molecule has 1 aliphatic heterocycles. The molecule has 0 N–H and O–H groups in total. The number of nitrogens with zero attached hydrogens (tertiary/aromatic N) is 1. The first-order valence-electron chi connectivity index (χ1n) is 8.54. The standard InChI is InChI=1S/C20H16FNO4S2/c21-16-7-3-8-17(12-16)26-20(23)18-11-14-5-1-2-6-15(14)13-22(18)28(24,25)19-9-4-10-27-19/h1-10,12,18H,11,13H2. The van der Waals surface area contributed by atoms with E-state index in [1.54, 1.807) is 11.4 Å². The molecule has 5 nitrogen and oxygen atoms in total. The molecule has 0 spiro atoms. The fourth-order valence-electron chi connectivity index (χ4n) is 3.19. The zero-order valence-electron chi connectivity index (χ0n) is 14.6. The van der Waals surface area contributed by atoms with Gasteiger partial charge >= 0.3 is 5.97 Å². The molecular weight excluding hydrogens is 401 g/mol. The first-order chi connectivity index (χ1) is 13.4. The first-order valence-corrected chi connectivity index (χ1v) is 10.9. The second kappa shape index (κ2) is 7.46. The highest BCUT2D eigenvalue weighted by Crippen LogP contribution is 2.31. The molecule has 1 atom stereocenters. The summed E-state index contributed by atoms with van der Waals surface area (Å²) in [6, 6.07) is 14.7. The molecule has 2 aromatic carbocycles. The van der Waals surface area contributed by atoms with Crippen molar-refractivity contribution in [3.8, 4) is 5.75 Å². The topological polar surface area (TPSA) is 63.7 Å². The van der Waals surface area contributed by atoms with Crippen LogP contribution in [0.15, 0.2) is 70.3 Å². The third-order valence-corrected chi connectivity index (χ3v) is 7.78. The summed E-state index contributed by atoms with van der Waals surface area (Å²) < 4.78 is 46.4. The van der Waals surface area contributed by atoms with Gasteiger partial charge in [-0.25, -0.2) is 17.6 Å². The minimum Gasteiger partial charge on any atom is -0.425 e. The van der Waals surface area contributed by atoms with Gasteiger partial charge in [0.25, 0.3) is 10.0 Å². The van der Waals surface area contributed by atoms with Crippen LogP contribution in [0.5, 0.6) is 5.75 Å². The number of hydrogen-bond acceptors (Lipinski definition) is 5. The lowest BCUT2D eigenvalue weighted by atomic mass is 9.96. The van der Waals surface area contributed by atoms with Crippen molar-refractivity contribution >= 4 is 27.3 Å². The van der Waals surface area contributed by atoms with Crippen LogP contribution < -0.4 is 4.74 Å². The number of carbonyl (C=O) groups is 1. The van der Waals surface area contributed by atoms with Crippen molar-refractivity contribution in [2.45, 2.75) is 23.2 Å². The Bertz CT molecular complexity index is 1110. The van der Waals surface area contributed by atoms with E-state index in [1.807, 2.05) is 24.3 Å². The number of rotatable bonds is 4. The Morgan fingerprint density at radius 1 is 1.07 bits per heavy atom. The fourth-order valence-corrected chi connectivity index (χ4v) is 5.87. The second-order valence-corrected chi connectivity index (χ2v) is 9.41. The zero-order chi connectivity index (χ0) is 19.7. The number of ether oxygens (including phenoxy) is 1. The minimum absolute atomic E-state index is 0.0392. The van der Waals surface area contributed by atoms with Crippen LogP contribution in [0.25, 0.3) is 0 Å². The van der Waals surface area contributed by atoms with E-state index in [-0.39, 0.29) is 22.9 Å². The molecule has 1 aliphatic rings. The molecule has 0 radical (unpaired) electrons. The van der Waals surface area contributed by atoms with E-state index in [0.717, 1.165) is 28.5 Å². The predicted octanol–water partition coefficient (Wildman–Crippen LogP) is 3.61. The van der Waals surface area contributed by atoms with Gasteiger partial charge in [0.1, 0.15) is 21.8 Å². The molecule has 2 heterocycles. The number of fused-ring (bicyclic) bond motifs is 1. The fraction of sp³-hybridized carbons (Fsp3) is 0.150. The summed E-state index contributed by atoms with van der Waals surface area (Å²) in [5.41, 5.74) is 1.73. The van der Waals surface area contributed by atoms with E-state index < -0.39 is 27.9 Å². The normalized spacial score (nSPS) is 17.1. The van der Waals surface area contributed by atoms with Gasteiger partial charge < -0.3 is 4.74 Å². The van der Waals surface area contributed by atoms with Crippen LogP contribution >= 0.6 is 11.3 Å². The van der Waals surface area contributed by atoms with Crippen molar-refractivity contribution in [3.05, 3.63) is 83.0 Å². The number of hydrogen-bond donors (Lipinski definition) is 0. The number of halogens is 1. The number of thiophene rings is 1. The van der Waals surface area contributed by atoms with E-state index in [0.29, 0.717) is 0 Å². The number of carbonyl (C=O) groups excluding carboxylic acids is 1. The summed E-state index contributed by atoms with van der Waals surface area (Å²) in [4.78, 5) is 12.9. The van der Waals surface area contributed by atoms with E-state index in [4.69, 9.17) is 4.74 Å². The van der Waals surface area contributed by atoms with Gasteiger partial charge in [0.2, 0.25) is 0 Å². The highest BCUT2D eigenvalue weighted by Gasteiger charge is 2.41. The Kier molecular flexibility index (Phi) is 5.01. The smallest absolute Gasteiger partial charge is 0.330 e. The lowest BCUT2D eigenvalue weighted by Gasteiger charge is -2.34. The van der Waals surface area contributed by atoms with Crippen LogP contribution in [0.2, 0.25) is 0 Å². The summed E-state index contributed by atoms with van der Waals surface area (Å²) >= 11 is 1.09. The van der Waals surface area contributed by atoms with E-state index in [2.05, 4.69) is 0 Å². The van der Waals surface area contributed by atoms with Crippen molar-refractivity contribution in [2.24, 2.45) is 0 Å². The summed E-state index contributed by atoms with van der Waals surface area (Å²) in [6.07, 6.45) is 0.189. The van der Waals surface area contributed by atoms with Crippen molar-refractivity contribution in [3.63, 3.8) is 0 Å². The molecule has 0 saturated carbocycles. The summed E-state index contributed by atoms with van der Waals surface area (Å²) in [5, 5.41) is 1.67. The second-order valence-electron chi connectivity index (χ2n) is 6.35. The molecular formula is C20H16FNO4S2. The SMILES string of the molecule is O=C(Oc1cccc(F)c1)C1Cc2ccccc2CN1S(=O)(=O)c1cccs1. The molecule has 28 heavy (non-hydrogen) atoms. The van der Waals surface area contributed by atoms with E-state index >= 15 is 0 Å². The van der Waals surface area contributed by atoms with Crippen molar-refractivity contribution in [2.75, 3.05) is 0 Å². The summed E-state index contributed by atoms with van der Waals surface area (Å²) in [7, 11) is -3.88. The quantitative estimate of drug-likeness (QED) is 0.481. The number of benzene rings is 2. The maximum Gasteiger partial charge on any atom is 0.330 e. The molecule has 0 aliphatic carbocycles. The van der Waals surface area contributed by atoms with Gasteiger partial charge in [-0.1, -0.05) is 36.4 Å². The Balaban J connectivity index is 1.70.